The summed E-state index contributed by atoms with van der Waals surface area (Å²) in [7, 11) is 0. The molecule has 2 rings (SSSR count). The number of phenols is 1. The molecule has 0 unspecified atom stereocenters. The Labute approximate surface area is 854 Å². The number of aliphatic carboxylic acids is 1. The van der Waals surface area contributed by atoms with Crippen molar-refractivity contribution >= 4 is 143 Å². The van der Waals surface area contributed by atoms with E-state index in [1.54, 1.807) is 69.2 Å². The van der Waals surface area contributed by atoms with Crippen molar-refractivity contribution < 1.29 is 127 Å². The first-order valence-electron chi connectivity index (χ1n) is 48.8. The number of carboxylic acids is 1. The number of aliphatic hydroxyl groups excluding tert-OH is 4. The van der Waals surface area contributed by atoms with Crippen LogP contribution in [0.15, 0.2) is 24.3 Å². The molecular weight excluding hydrogens is 1930 g/mol. The molecule has 54 heteroatoms. The fraction of sp³-hybridized carbons (Fsp3) is 0.696. The summed E-state index contributed by atoms with van der Waals surface area (Å²) in [6, 6.07) is -21.2. The maximum absolute atomic E-state index is 14.7. The number of hydrogen-bond acceptors (Lipinski definition) is 30. The molecule has 0 spiro atoms. The van der Waals surface area contributed by atoms with Crippen molar-refractivity contribution in [3.05, 3.63) is 29.8 Å². The Morgan fingerprint density at radius 1 is 0.390 bits per heavy atom. The Bertz CT molecular complexity index is 4570. The van der Waals surface area contributed by atoms with Crippen LogP contribution >= 0.6 is 12.6 Å². The van der Waals surface area contributed by atoms with Gasteiger partial charge in [-0.25, -0.2) is 0 Å². The molecule has 1 fully saturated rings. The molecule has 1 heterocycles. The van der Waals surface area contributed by atoms with Gasteiger partial charge in [-0.15, -0.1) is 0 Å². The number of amides is 19. The molecule has 53 nitrogen and oxygen atoms in total. The lowest BCUT2D eigenvalue weighted by molar-refractivity contribution is -0.144. The molecule has 1 aromatic carbocycles. The van der Waals surface area contributed by atoms with E-state index in [0.717, 1.165) is 25.7 Å². The second-order valence-electron chi connectivity index (χ2n) is 38.6. The van der Waals surface area contributed by atoms with Crippen molar-refractivity contribution in [1.82, 2.24) is 106 Å². The van der Waals surface area contributed by atoms with E-state index in [9.17, 15) is 127 Å². The molecule has 146 heavy (non-hydrogen) atoms. The predicted octanol–water partition coefficient (Wildman–Crippen LogP) is -9.07. The summed E-state index contributed by atoms with van der Waals surface area (Å²) in [5.41, 5.74) is 28.5. The minimum atomic E-state index is -2.02. The van der Waals surface area contributed by atoms with E-state index in [4.69, 9.17) is 39.5 Å². The van der Waals surface area contributed by atoms with E-state index in [0.29, 0.717) is 5.56 Å². The van der Waals surface area contributed by atoms with E-state index in [2.05, 4.69) is 114 Å². The lowest BCUT2D eigenvalue weighted by atomic mass is 9.98. The SMILES string of the molecule is CC(C)C[C@H](NC(=O)[C@H](CCCNC(=N)N)NC(=O)[C@H](CCCCN)NC(=O)[C@@H](NC(=O)[C@H](CC(N)=O)NC(=O)[C@@H](NC(=O)CNC(=O)[C@H](Cc1ccc(O)cc1)NC(=O)[C@@H]1CCCN1C(=O)[C@@H](NC(=O)[C@H](CS)NC(=O)[C@@H](NC(=O)[C@@H](NC(=O)[C@H](CC(C)C)NC(=O)[C@@H](N)[C@@H](C)O)C(C)C)[C@@H](C)O)[C@@H](C)O)C(C)C)[C@@H](C)O)C(=O)N[C@@H](CC(C)C)C(=O)N[C@H](C(=O)N[C@@H](CCCNC(=N)N)C(=O)NCC(=O)O)C(C)C. The zero-order valence-electron chi connectivity index (χ0n) is 85.9. The number of nitrogens with zero attached hydrogens (tertiary/aromatic N) is 1. The van der Waals surface area contributed by atoms with Crippen molar-refractivity contribution in [2.45, 2.75) is 328 Å². The number of aliphatic hydroxyl groups is 4. The van der Waals surface area contributed by atoms with Crippen LogP contribution in [0.4, 0.5) is 0 Å². The normalized spacial score (nSPS) is 16.5. The number of carboxylic acid groups (broad SMARTS) is 1. The van der Waals surface area contributed by atoms with Gasteiger partial charge in [0.15, 0.2) is 11.9 Å². The number of benzene rings is 1. The predicted molar refractivity (Wildman–Crippen MR) is 536 cm³/mol. The van der Waals surface area contributed by atoms with E-state index in [1.807, 2.05) is 0 Å². The minimum absolute atomic E-state index is 0.0215. The number of primary amides is 1. The van der Waals surface area contributed by atoms with Crippen molar-refractivity contribution in [3.8, 4) is 5.75 Å². The van der Waals surface area contributed by atoms with Gasteiger partial charge in [-0.1, -0.05) is 95.2 Å². The third-order valence-electron chi connectivity index (χ3n) is 23.1. The first-order valence-corrected chi connectivity index (χ1v) is 49.4. The van der Waals surface area contributed by atoms with E-state index >= 15 is 0 Å². The minimum Gasteiger partial charge on any atom is -0.508 e. The van der Waals surface area contributed by atoms with Gasteiger partial charge in [0.1, 0.15) is 115 Å². The van der Waals surface area contributed by atoms with Crippen LogP contribution in [-0.4, -0.2) is 338 Å². The maximum atomic E-state index is 14.7. The molecule has 1 aliphatic rings. The molecule has 0 aliphatic carbocycles. The highest BCUT2D eigenvalue weighted by Gasteiger charge is 2.45. The molecular formula is C92H159N27O26S. The van der Waals surface area contributed by atoms with Gasteiger partial charge in [0.05, 0.1) is 37.4 Å². The van der Waals surface area contributed by atoms with Crippen molar-refractivity contribution in [2.24, 2.45) is 64.2 Å². The van der Waals surface area contributed by atoms with Crippen LogP contribution in [0.1, 0.15) is 200 Å². The highest BCUT2D eigenvalue weighted by Crippen LogP contribution is 2.23. The molecule has 21 atom stereocenters. The number of nitrogens with two attached hydrogens (primary N) is 5. The third-order valence-corrected chi connectivity index (χ3v) is 23.5. The Morgan fingerprint density at radius 3 is 1.14 bits per heavy atom. The standard InChI is InChI=1S/C92H159N27O26S/c1-42(2)34-57(78(133)108-58(35-43(3)4)79(134)114-69(46(9)10)86(141)105-54(23-19-31-100-91(96)97)74(129)103-40-66(127)128)107-77(132)56(24-20-32-101-92(98)99)104-76(131)55(22-17-18-30-93)106-88(143)71(49(14)121)116-81(136)61(38-64(94)125)111-85(140)68(45(7)8)113-65(126)39-102-75(130)60(37-52-26-28-53(124)29-27-52)109-83(138)63-25-21-33-119(63)90(145)73(51(16)123)118-82(137)62(41-146)112-89(144)72(50(15)122)117-87(142)70(47(11)12)115-80(135)59(36-44(5)6)110-84(139)67(95)48(13)120/h26-29,42-51,54-63,67-73,120-124,146H,17-25,30-41,93,95H2,1-16H3,(H2,94,125)(H,102,130)(H,103,129)(H,104,131)(H,105,141)(H,106,143)(H,107,132)(H,108,133)(H,109,138)(H,110,139)(H,111,140)(H,112,144)(H,113,126)(H,114,134)(H,115,135)(H,116,136)(H,117,142)(H,118,137)(H,127,128)(H4,96,97,100)(H4,98,99,101)/t48-,49-,50-,51-,54+,55+,56+,57+,58+,59+,60+,61+,62+,63+,67+,68+,69+,70+,71+,72+,73+/m1/s1. The van der Waals surface area contributed by atoms with Gasteiger partial charge in [-0.2, -0.15) is 12.6 Å². The first-order chi connectivity index (χ1) is 68.2. The molecule has 824 valence electrons. The number of carbonyl (C=O) groups is 20. The summed E-state index contributed by atoms with van der Waals surface area (Å²) in [5.74, 6) is -25.1. The number of phenolic OH excluding ortho intramolecular Hbond substituents is 1. The fourth-order valence-electron chi connectivity index (χ4n) is 15.1. The number of guanidine groups is 2. The Morgan fingerprint density at radius 2 is 0.733 bits per heavy atom. The van der Waals surface area contributed by atoms with E-state index in [-0.39, 0.29) is 139 Å². The van der Waals surface area contributed by atoms with Gasteiger partial charge < -0.3 is 165 Å². The van der Waals surface area contributed by atoms with Crippen LogP contribution in [0.25, 0.3) is 0 Å². The lowest BCUT2D eigenvalue weighted by Gasteiger charge is -2.32. The number of rotatable bonds is 66. The van der Waals surface area contributed by atoms with Crippen LogP contribution in [0.2, 0.25) is 0 Å². The number of thiol groups is 1. The number of hydrogen-bond donors (Lipinski definition) is 33. The smallest absolute Gasteiger partial charge is 0.322 e. The molecule has 1 saturated heterocycles. The zero-order chi connectivity index (χ0) is 111. The van der Waals surface area contributed by atoms with Crippen molar-refractivity contribution in [1.29, 1.82) is 10.8 Å². The summed E-state index contributed by atoms with van der Waals surface area (Å²) in [5, 5.41) is 125. The summed E-state index contributed by atoms with van der Waals surface area (Å²) in [6.07, 6.45) is -7.59. The van der Waals surface area contributed by atoms with Gasteiger partial charge in [0.25, 0.3) is 0 Å². The average molecular weight is 2090 g/mol. The number of aromatic hydroxyl groups is 1. The maximum Gasteiger partial charge on any atom is 0.322 e. The molecule has 0 aromatic heterocycles. The molecule has 0 saturated carbocycles. The largest absolute Gasteiger partial charge is 0.508 e. The van der Waals surface area contributed by atoms with Crippen molar-refractivity contribution in [3.63, 3.8) is 0 Å². The van der Waals surface area contributed by atoms with Gasteiger partial charge in [-0.05, 0) is 164 Å². The first kappa shape index (κ1) is 129. The summed E-state index contributed by atoms with van der Waals surface area (Å²) in [4.78, 5) is 280. The van der Waals surface area contributed by atoms with E-state index in [1.165, 1.54) is 45.0 Å². The van der Waals surface area contributed by atoms with E-state index < -0.39 is 294 Å². The zero-order valence-corrected chi connectivity index (χ0v) is 86.8. The Balaban J connectivity index is 2.47. The molecule has 0 radical (unpaired) electrons. The molecule has 37 N–H and O–H groups in total. The van der Waals surface area contributed by atoms with Crippen LogP contribution < -0.4 is 130 Å². The summed E-state index contributed by atoms with van der Waals surface area (Å²) < 4.78 is 0. The number of likely N-dealkylation sites (tertiary alicyclic amines) is 1. The number of nitrogens with one attached hydrogen (secondary N) is 21. The van der Waals surface area contributed by atoms with Gasteiger partial charge >= 0.3 is 5.97 Å². The quantitative estimate of drug-likeness (QED) is 0.0125. The average Bonchev–Trinajstić information content (AvgIpc) is 0.911. The summed E-state index contributed by atoms with van der Waals surface area (Å²) >= 11 is 4.22. The van der Waals surface area contributed by atoms with Crippen molar-refractivity contribution in [2.75, 3.05) is 45.0 Å². The van der Waals surface area contributed by atoms with Crippen LogP contribution in [0, 0.1) is 46.3 Å². The lowest BCUT2D eigenvalue weighted by Crippen LogP contribution is -2.63. The van der Waals surface area contributed by atoms with Crippen LogP contribution in [-0.2, 0) is 102 Å². The van der Waals surface area contributed by atoms with Crippen LogP contribution in [0.5, 0.6) is 5.75 Å². The van der Waals surface area contributed by atoms with Gasteiger partial charge in [0.2, 0.25) is 112 Å². The molecule has 19 amide bonds. The van der Waals surface area contributed by atoms with Gasteiger partial charge in [-0.3, -0.25) is 107 Å². The van der Waals surface area contributed by atoms with Gasteiger partial charge in [0, 0.05) is 31.8 Å². The highest BCUT2D eigenvalue weighted by molar-refractivity contribution is 7.80. The Hall–Kier alpha value is -12.9. The second kappa shape index (κ2) is 64.8. The Kier molecular flexibility index (Phi) is 57.3. The highest BCUT2D eigenvalue weighted by atomic mass is 32.1. The topological polar surface area (TPSA) is 872 Å². The third kappa shape index (κ3) is 46.6. The second-order valence-corrected chi connectivity index (χ2v) is 39.0. The molecule has 1 aliphatic heterocycles. The fourth-order valence-corrected chi connectivity index (χ4v) is 15.4. The monoisotopic (exact) mass is 2090 g/mol. The number of unbranched alkanes of at least 4 members (excludes halogenated alkanes) is 1. The molecule has 0 bridgehead atoms. The number of carbonyl (C=O) groups excluding carboxylic acids is 19. The summed E-state index contributed by atoms with van der Waals surface area (Å²) in [6.45, 7) is 22.6. The van der Waals surface area contributed by atoms with Crippen LogP contribution in [0.3, 0.4) is 0 Å². The molecule has 1 aromatic rings.